The van der Waals surface area contributed by atoms with Crippen molar-refractivity contribution in [3.8, 4) is 5.69 Å². The number of amides is 2. The van der Waals surface area contributed by atoms with E-state index in [2.05, 4.69) is 0 Å². The summed E-state index contributed by atoms with van der Waals surface area (Å²) in [5, 5.41) is 10.6. The molecule has 0 radical (unpaired) electrons. The number of carbonyl (C=O) groups is 2. The Labute approximate surface area is 160 Å². The van der Waals surface area contributed by atoms with Gasteiger partial charge in [0.05, 0.1) is 9.83 Å². The van der Waals surface area contributed by atoms with Crippen LogP contribution < -0.4 is 0 Å². The maximum atomic E-state index is 12.4. The molecule has 2 heterocycles. The van der Waals surface area contributed by atoms with Crippen LogP contribution in [0.3, 0.4) is 0 Å². The Hall–Kier alpha value is -2.87. The number of imide groups is 1. The molecule has 1 aliphatic rings. The maximum Gasteiger partial charge on any atom is 0.293 e. The molecule has 0 saturated carbocycles. The Balaban J connectivity index is 1.96. The minimum absolute atomic E-state index is 0.0334. The van der Waals surface area contributed by atoms with E-state index >= 15 is 0 Å². The van der Waals surface area contributed by atoms with Gasteiger partial charge in [-0.3, -0.25) is 24.6 Å². The molecule has 0 atom stereocenters. The summed E-state index contributed by atoms with van der Waals surface area (Å²) in [4.78, 5) is 36.5. The standard InChI is InChI=1S/C19H19N3O4S/c1-4-9-20-18(23)17(27-19(20)24)11-14-10-12(2)21(13(14)3)15-5-7-16(8-6-15)22(25)26/h5-8,10-11H,4,9H2,1-3H3/b17-11-. The first kappa shape index (κ1) is 18.9. The fraction of sp³-hybridized carbons (Fsp3) is 0.263. The van der Waals surface area contributed by atoms with Crippen LogP contribution in [-0.2, 0) is 4.79 Å². The highest BCUT2D eigenvalue weighted by Gasteiger charge is 2.34. The van der Waals surface area contributed by atoms with Crippen molar-refractivity contribution < 1.29 is 14.5 Å². The fourth-order valence-corrected chi connectivity index (χ4v) is 3.97. The van der Waals surface area contributed by atoms with Crippen LogP contribution in [0.5, 0.6) is 0 Å². The van der Waals surface area contributed by atoms with E-state index in [0.29, 0.717) is 11.4 Å². The Kier molecular flexibility index (Phi) is 5.18. The largest absolute Gasteiger partial charge is 0.318 e. The summed E-state index contributed by atoms with van der Waals surface area (Å²) in [5.74, 6) is -0.257. The normalized spacial score (nSPS) is 15.8. The third kappa shape index (κ3) is 3.52. The van der Waals surface area contributed by atoms with Gasteiger partial charge in [0.25, 0.3) is 16.8 Å². The first-order chi connectivity index (χ1) is 12.8. The molecular formula is C19H19N3O4S. The highest BCUT2D eigenvalue weighted by atomic mass is 32.2. The molecule has 140 valence electrons. The minimum Gasteiger partial charge on any atom is -0.318 e. The number of benzene rings is 1. The fourth-order valence-electron chi connectivity index (χ4n) is 3.11. The van der Waals surface area contributed by atoms with Crippen LogP contribution in [0, 0.1) is 24.0 Å². The molecule has 2 aromatic rings. The molecule has 27 heavy (non-hydrogen) atoms. The zero-order valence-corrected chi connectivity index (χ0v) is 16.1. The summed E-state index contributed by atoms with van der Waals surface area (Å²) in [7, 11) is 0. The average Bonchev–Trinajstić information content (AvgIpc) is 3.05. The number of nitro benzene ring substituents is 1. The number of nitrogens with zero attached hydrogens (tertiary/aromatic N) is 3. The second-order valence-corrected chi connectivity index (χ2v) is 7.26. The molecule has 1 aliphatic heterocycles. The van der Waals surface area contributed by atoms with Crippen molar-refractivity contribution in [2.75, 3.05) is 6.54 Å². The minimum atomic E-state index is -0.434. The summed E-state index contributed by atoms with van der Waals surface area (Å²) in [6, 6.07) is 8.24. The number of aryl methyl sites for hydroxylation is 1. The van der Waals surface area contributed by atoms with Gasteiger partial charge in [0.15, 0.2) is 0 Å². The van der Waals surface area contributed by atoms with Crippen LogP contribution in [0.2, 0.25) is 0 Å². The van der Waals surface area contributed by atoms with Gasteiger partial charge < -0.3 is 4.57 Å². The number of hydrogen-bond acceptors (Lipinski definition) is 5. The SMILES string of the molecule is CCCN1C(=O)S/C(=C\c2cc(C)n(-c3ccc([N+](=O)[O-])cc3)c2C)C1=O. The third-order valence-corrected chi connectivity index (χ3v) is 5.30. The predicted octanol–water partition coefficient (Wildman–Crippen LogP) is 4.45. The van der Waals surface area contributed by atoms with E-state index in [1.165, 1.54) is 17.0 Å². The first-order valence-electron chi connectivity index (χ1n) is 8.52. The zero-order chi connectivity index (χ0) is 19.7. The van der Waals surface area contributed by atoms with Crippen molar-refractivity contribution in [1.82, 2.24) is 9.47 Å². The quantitative estimate of drug-likeness (QED) is 0.431. The van der Waals surface area contributed by atoms with E-state index in [1.807, 2.05) is 31.4 Å². The van der Waals surface area contributed by atoms with Crippen LogP contribution >= 0.6 is 11.8 Å². The van der Waals surface area contributed by atoms with Crippen molar-refractivity contribution in [3.63, 3.8) is 0 Å². The molecular weight excluding hydrogens is 366 g/mol. The number of aromatic nitrogens is 1. The number of rotatable bonds is 5. The molecule has 0 unspecified atom stereocenters. The molecule has 1 fully saturated rings. The van der Waals surface area contributed by atoms with Gasteiger partial charge in [0, 0.05) is 35.8 Å². The molecule has 0 aliphatic carbocycles. The lowest BCUT2D eigenvalue weighted by Gasteiger charge is -2.10. The van der Waals surface area contributed by atoms with Gasteiger partial charge in [-0.25, -0.2) is 0 Å². The molecule has 0 spiro atoms. The number of hydrogen-bond donors (Lipinski definition) is 0. The lowest BCUT2D eigenvalue weighted by atomic mass is 10.2. The summed E-state index contributed by atoms with van der Waals surface area (Å²) in [6.45, 7) is 6.18. The summed E-state index contributed by atoms with van der Waals surface area (Å²) >= 11 is 0.956. The van der Waals surface area contributed by atoms with E-state index in [1.54, 1.807) is 18.2 Å². The molecule has 2 amide bonds. The Morgan fingerprint density at radius 1 is 1.19 bits per heavy atom. The monoisotopic (exact) mass is 385 g/mol. The molecule has 0 bridgehead atoms. The van der Waals surface area contributed by atoms with Crippen molar-refractivity contribution in [2.45, 2.75) is 27.2 Å². The second kappa shape index (κ2) is 7.40. The number of nitro groups is 1. The summed E-state index contributed by atoms with van der Waals surface area (Å²) in [6.07, 6.45) is 2.46. The van der Waals surface area contributed by atoms with Gasteiger partial charge in [-0.05, 0) is 61.9 Å². The highest BCUT2D eigenvalue weighted by Crippen LogP contribution is 2.33. The molecule has 7 nitrogen and oxygen atoms in total. The summed E-state index contributed by atoms with van der Waals surface area (Å²) < 4.78 is 1.96. The molecule has 0 N–H and O–H groups in total. The van der Waals surface area contributed by atoms with E-state index < -0.39 is 4.92 Å². The van der Waals surface area contributed by atoms with Crippen LogP contribution in [0.15, 0.2) is 35.2 Å². The molecule has 1 saturated heterocycles. The zero-order valence-electron chi connectivity index (χ0n) is 15.3. The molecule has 3 rings (SSSR count). The van der Waals surface area contributed by atoms with Gasteiger partial charge >= 0.3 is 0 Å². The molecule has 8 heteroatoms. The Morgan fingerprint density at radius 2 is 1.85 bits per heavy atom. The van der Waals surface area contributed by atoms with E-state index in [9.17, 15) is 19.7 Å². The van der Waals surface area contributed by atoms with E-state index in [-0.39, 0.29) is 16.8 Å². The van der Waals surface area contributed by atoms with Gasteiger partial charge in [-0.15, -0.1) is 0 Å². The van der Waals surface area contributed by atoms with Crippen LogP contribution in [-0.4, -0.2) is 32.1 Å². The predicted molar refractivity (Wildman–Crippen MR) is 105 cm³/mol. The lowest BCUT2D eigenvalue weighted by Crippen LogP contribution is -2.28. The number of carbonyl (C=O) groups excluding carboxylic acids is 2. The van der Waals surface area contributed by atoms with Crippen LogP contribution in [0.1, 0.15) is 30.3 Å². The van der Waals surface area contributed by atoms with Gasteiger partial charge in [-0.1, -0.05) is 6.92 Å². The van der Waals surface area contributed by atoms with Crippen molar-refractivity contribution in [3.05, 3.63) is 62.3 Å². The molecule has 1 aromatic heterocycles. The summed E-state index contributed by atoms with van der Waals surface area (Å²) in [5.41, 5.74) is 3.50. The van der Waals surface area contributed by atoms with Crippen molar-refractivity contribution in [1.29, 1.82) is 0 Å². The van der Waals surface area contributed by atoms with Crippen molar-refractivity contribution in [2.24, 2.45) is 0 Å². The number of non-ortho nitro benzene ring substituents is 1. The van der Waals surface area contributed by atoms with E-state index in [4.69, 9.17) is 0 Å². The third-order valence-electron chi connectivity index (χ3n) is 4.40. The smallest absolute Gasteiger partial charge is 0.293 e. The van der Waals surface area contributed by atoms with Crippen LogP contribution in [0.25, 0.3) is 11.8 Å². The van der Waals surface area contributed by atoms with Crippen LogP contribution in [0.4, 0.5) is 10.5 Å². The topological polar surface area (TPSA) is 85.4 Å². The average molecular weight is 385 g/mol. The van der Waals surface area contributed by atoms with E-state index in [0.717, 1.165) is 40.8 Å². The van der Waals surface area contributed by atoms with Crippen molar-refractivity contribution >= 4 is 34.7 Å². The highest BCUT2D eigenvalue weighted by molar-refractivity contribution is 8.18. The second-order valence-electron chi connectivity index (χ2n) is 6.27. The Morgan fingerprint density at radius 3 is 2.44 bits per heavy atom. The van der Waals surface area contributed by atoms with Gasteiger partial charge in [-0.2, -0.15) is 0 Å². The maximum absolute atomic E-state index is 12.4. The number of thioether (sulfide) groups is 1. The lowest BCUT2D eigenvalue weighted by molar-refractivity contribution is -0.384. The van der Waals surface area contributed by atoms with Gasteiger partial charge in [0.1, 0.15) is 0 Å². The first-order valence-corrected chi connectivity index (χ1v) is 9.34. The van der Waals surface area contributed by atoms with Gasteiger partial charge in [0.2, 0.25) is 0 Å². The Bertz CT molecular complexity index is 960. The molecule has 1 aromatic carbocycles.